The smallest absolute Gasteiger partial charge is 0.153 e. The Bertz CT molecular complexity index is 523. The van der Waals surface area contributed by atoms with Gasteiger partial charge in [-0.2, -0.15) is 0 Å². The molecule has 17 heavy (non-hydrogen) atoms. The molecule has 0 aliphatic heterocycles. The van der Waals surface area contributed by atoms with Crippen molar-refractivity contribution in [2.24, 2.45) is 0 Å². The molecular formula is C13H16N4. The fraction of sp³-hybridized carbons (Fsp3) is 0.231. The Morgan fingerprint density at radius 3 is 2.65 bits per heavy atom. The van der Waals surface area contributed by atoms with Crippen LogP contribution >= 0.6 is 0 Å². The maximum atomic E-state index is 5.74. The van der Waals surface area contributed by atoms with Crippen molar-refractivity contribution in [2.75, 3.05) is 5.73 Å². The molecule has 0 radical (unpaired) electrons. The van der Waals surface area contributed by atoms with Crippen molar-refractivity contribution in [3.8, 4) is 5.69 Å². The molecule has 0 unspecified atom stereocenters. The second-order valence-corrected chi connectivity index (χ2v) is 4.21. The highest BCUT2D eigenvalue weighted by Gasteiger charge is 2.05. The molecule has 4 heteroatoms. The molecule has 4 nitrogen and oxygen atoms in total. The Morgan fingerprint density at radius 2 is 2.18 bits per heavy atom. The maximum absolute atomic E-state index is 5.74. The molecule has 0 fully saturated rings. The average Bonchev–Trinajstić information content (AvgIpc) is 2.70. The quantitative estimate of drug-likeness (QED) is 0.878. The van der Waals surface area contributed by atoms with Crippen LogP contribution in [0.5, 0.6) is 0 Å². The Balaban J connectivity index is 2.36. The third-order valence-corrected chi connectivity index (χ3v) is 2.62. The van der Waals surface area contributed by atoms with Gasteiger partial charge in [-0.25, -0.2) is 4.68 Å². The topological polar surface area (TPSA) is 56.7 Å². The van der Waals surface area contributed by atoms with E-state index in [0.29, 0.717) is 11.7 Å². The van der Waals surface area contributed by atoms with E-state index in [-0.39, 0.29) is 0 Å². The molecule has 88 valence electrons. The molecular weight excluding hydrogens is 212 g/mol. The molecule has 2 rings (SSSR count). The first-order valence-electron chi connectivity index (χ1n) is 5.55. The van der Waals surface area contributed by atoms with Crippen molar-refractivity contribution in [3.63, 3.8) is 0 Å². The van der Waals surface area contributed by atoms with Crippen molar-refractivity contribution < 1.29 is 0 Å². The van der Waals surface area contributed by atoms with Crippen molar-refractivity contribution in [1.29, 1.82) is 0 Å². The summed E-state index contributed by atoms with van der Waals surface area (Å²) in [4.78, 5) is 4.39. The normalized spacial score (nSPS) is 10.8. The Kier molecular flexibility index (Phi) is 2.95. The third kappa shape index (κ3) is 2.20. The van der Waals surface area contributed by atoms with Crippen LogP contribution < -0.4 is 5.73 Å². The second-order valence-electron chi connectivity index (χ2n) is 4.21. The summed E-state index contributed by atoms with van der Waals surface area (Å²) in [5.41, 5.74) is 8.54. The van der Waals surface area contributed by atoms with Crippen molar-refractivity contribution in [3.05, 3.63) is 42.4 Å². The van der Waals surface area contributed by atoms with Gasteiger partial charge in [-0.05, 0) is 18.1 Å². The van der Waals surface area contributed by atoms with Gasteiger partial charge >= 0.3 is 0 Å². The monoisotopic (exact) mass is 228 g/mol. The highest BCUT2D eigenvalue weighted by atomic mass is 15.3. The van der Waals surface area contributed by atoms with Crippen LogP contribution in [0.25, 0.3) is 11.8 Å². The van der Waals surface area contributed by atoms with Gasteiger partial charge < -0.3 is 5.73 Å². The van der Waals surface area contributed by atoms with Gasteiger partial charge in [0.15, 0.2) is 5.82 Å². The van der Waals surface area contributed by atoms with Gasteiger partial charge in [0.25, 0.3) is 0 Å². The number of nitrogen functional groups attached to an aromatic ring is 1. The van der Waals surface area contributed by atoms with E-state index in [9.17, 15) is 0 Å². The van der Waals surface area contributed by atoms with Crippen molar-refractivity contribution in [2.45, 2.75) is 19.8 Å². The van der Waals surface area contributed by atoms with Gasteiger partial charge in [-0.1, -0.05) is 26.5 Å². The largest absolute Gasteiger partial charge is 0.382 e. The van der Waals surface area contributed by atoms with Gasteiger partial charge in [0.2, 0.25) is 0 Å². The van der Waals surface area contributed by atoms with E-state index < -0.39 is 0 Å². The summed E-state index contributed by atoms with van der Waals surface area (Å²) in [5.74, 6) is 0.906. The fourth-order valence-electron chi connectivity index (χ4n) is 1.56. The van der Waals surface area contributed by atoms with E-state index in [4.69, 9.17) is 5.73 Å². The lowest BCUT2D eigenvalue weighted by atomic mass is 10.1. The van der Waals surface area contributed by atoms with E-state index in [0.717, 1.165) is 16.9 Å². The van der Waals surface area contributed by atoms with Gasteiger partial charge in [0, 0.05) is 17.5 Å². The maximum Gasteiger partial charge on any atom is 0.153 e. The molecule has 0 bridgehead atoms. The van der Waals surface area contributed by atoms with Crippen molar-refractivity contribution in [1.82, 2.24) is 14.8 Å². The molecule has 0 aromatic carbocycles. The summed E-state index contributed by atoms with van der Waals surface area (Å²) in [6.45, 7) is 7.92. The van der Waals surface area contributed by atoms with Crippen LogP contribution in [0.4, 0.5) is 5.82 Å². The van der Waals surface area contributed by atoms with Crippen LogP contribution in [0.3, 0.4) is 0 Å². The van der Waals surface area contributed by atoms with Crippen LogP contribution in [-0.2, 0) is 0 Å². The van der Waals surface area contributed by atoms with E-state index >= 15 is 0 Å². The molecule has 2 aromatic heterocycles. The molecule has 0 saturated heterocycles. The SMILES string of the molecule is C=Cc1cn(-c2ccc(C(C)C)nc2)nc1N. The molecule has 2 N–H and O–H groups in total. The second kappa shape index (κ2) is 4.41. The predicted octanol–water partition coefficient (Wildman–Crippen LogP) is 2.62. The molecule has 0 aliphatic rings. The number of hydrogen-bond donors (Lipinski definition) is 1. The van der Waals surface area contributed by atoms with Crippen molar-refractivity contribution >= 4 is 11.9 Å². The van der Waals surface area contributed by atoms with E-state index in [1.54, 1.807) is 17.0 Å². The number of rotatable bonds is 3. The molecule has 0 amide bonds. The summed E-state index contributed by atoms with van der Waals surface area (Å²) < 4.78 is 1.71. The minimum atomic E-state index is 0.426. The molecule has 2 aromatic rings. The highest BCUT2D eigenvalue weighted by molar-refractivity contribution is 5.59. The average molecular weight is 228 g/mol. The number of anilines is 1. The minimum Gasteiger partial charge on any atom is -0.382 e. The van der Waals surface area contributed by atoms with E-state index in [2.05, 4.69) is 30.5 Å². The Labute approximate surface area is 101 Å². The minimum absolute atomic E-state index is 0.426. The number of nitrogens with zero attached hydrogens (tertiary/aromatic N) is 3. The fourth-order valence-corrected chi connectivity index (χ4v) is 1.56. The van der Waals surface area contributed by atoms with Gasteiger partial charge in [0.05, 0.1) is 11.9 Å². The molecule has 0 saturated carbocycles. The van der Waals surface area contributed by atoms with Gasteiger partial charge in [-0.3, -0.25) is 4.98 Å². The zero-order valence-electron chi connectivity index (χ0n) is 10.1. The molecule has 0 spiro atoms. The summed E-state index contributed by atoms with van der Waals surface area (Å²) in [6.07, 6.45) is 5.33. The number of pyridine rings is 1. The van der Waals surface area contributed by atoms with Crippen LogP contribution in [0.15, 0.2) is 31.1 Å². The lowest BCUT2D eigenvalue weighted by Gasteiger charge is -2.05. The van der Waals surface area contributed by atoms with Crippen LogP contribution in [0, 0.1) is 0 Å². The number of hydrogen-bond acceptors (Lipinski definition) is 3. The third-order valence-electron chi connectivity index (χ3n) is 2.62. The predicted molar refractivity (Wildman–Crippen MR) is 70.0 cm³/mol. The Morgan fingerprint density at radius 1 is 1.41 bits per heavy atom. The first-order chi connectivity index (χ1) is 8.11. The molecule has 2 heterocycles. The van der Waals surface area contributed by atoms with Crippen LogP contribution in [0.1, 0.15) is 31.0 Å². The van der Waals surface area contributed by atoms with Gasteiger partial charge in [0.1, 0.15) is 0 Å². The summed E-state index contributed by atoms with van der Waals surface area (Å²) in [5, 5.41) is 4.21. The van der Waals surface area contributed by atoms with Gasteiger partial charge in [-0.15, -0.1) is 5.10 Å². The summed E-state index contributed by atoms with van der Waals surface area (Å²) >= 11 is 0. The van der Waals surface area contributed by atoms with Crippen LogP contribution in [0.2, 0.25) is 0 Å². The zero-order chi connectivity index (χ0) is 12.4. The number of nitrogens with two attached hydrogens (primary N) is 1. The molecule has 0 atom stereocenters. The highest BCUT2D eigenvalue weighted by Crippen LogP contribution is 2.16. The summed E-state index contributed by atoms with van der Waals surface area (Å²) in [6, 6.07) is 3.99. The lowest BCUT2D eigenvalue weighted by molar-refractivity contribution is 0.811. The Hall–Kier alpha value is -2.10. The molecule has 0 aliphatic carbocycles. The zero-order valence-corrected chi connectivity index (χ0v) is 10.1. The first kappa shape index (κ1) is 11.4. The summed E-state index contributed by atoms with van der Waals surface area (Å²) in [7, 11) is 0. The standard InChI is InChI=1S/C13H16N4/c1-4-10-8-17(16-13(10)14)11-5-6-12(9(2)3)15-7-11/h4-9H,1H2,2-3H3,(H2,14,16). The van der Waals surface area contributed by atoms with E-state index in [1.807, 2.05) is 18.3 Å². The first-order valence-corrected chi connectivity index (χ1v) is 5.55. The van der Waals surface area contributed by atoms with Crippen LogP contribution in [-0.4, -0.2) is 14.8 Å². The lowest BCUT2D eigenvalue weighted by Crippen LogP contribution is -1.99. The van der Waals surface area contributed by atoms with E-state index in [1.165, 1.54) is 0 Å². The number of aromatic nitrogens is 3.